The summed E-state index contributed by atoms with van der Waals surface area (Å²) in [5, 5.41) is 0. The van der Waals surface area contributed by atoms with Crippen LogP contribution in [0, 0.1) is 0 Å². The van der Waals surface area contributed by atoms with Crippen molar-refractivity contribution in [3.63, 3.8) is 0 Å². The molecule has 1 aromatic rings. The number of rotatable bonds is 8. The molecular formula is C20H33NO. The number of ether oxygens (including phenoxy) is 1. The van der Waals surface area contributed by atoms with Gasteiger partial charge in [-0.05, 0) is 74.8 Å². The Hall–Kier alpha value is -1.02. The second-order valence-electron chi connectivity index (χ2n) is 7.22. The Morgan fingerprint density at radius 2 is 1.68 bits per heavy atom. The third-order valence-electron chi connectivity index (χ3n) is 5.11. The van der Waals surface area contributed by atoms with E-state index in [1.807, 2.05) is 0 Å². The van der Waals surface area contributed by atoms with Gasteiger partial charge in [-0.25, -0.2) is 0 Å². The molecule has 124 valence electrons. The summed E-state index contributed by atoms with van der Waals surface area (Å²) in [6.07, 6.45) is 7.75. The van der Waals surface area contributed by atoms with E-state index < -0.39 is 0 Å². The highest BCUT2D eigenvalue weighted by Gasteiger charge is 2.17. The molecule has 0 atom stereocenters. The molecule has 1 aliphatic heterocycles. The van der Waals surface area contributed by atoms with Gasteiger partial charge >= 0.3 is 0 Å². The third-order valence-corrected chi connectivity index (χ3v) is 5.11. The zero-order chi connectivity index (χ0) is 15.8. The van der Waals surface area contributed by atoms with E-state index in [0.29, 0.717) is 0 Å². The smallest absolute Gasteiger partial charge is 0.119 e. The van der Waals surface area contributed by atoms with E-state index >= 15 is 0 Å². The first kappa shape index (κ1) is 17.3. The van der Waals surface area contributed by atoms with E-state index in [0.717, 1.165) is 25.2 Å². The summed E-state index contributed by atoms with van der Waals surface area (Å²) in [7, 11) is 0. The largest absolute Gasteiger partial charge is 0.494 e. The summed E-state index contributed by atoms with van der Waals surface area (Å²) >= 11 is 0. The van der Waals surface area contributed by atoms with E-state index in [9.17, 15) is 0 Å². The van der Waals surface area contributed by atoms with Gasteiger partial charge < -0.3 is 9.64 Å². The standard InChI is InChI=1S/C20H33NO/c1-4-20(2,3)18-10-12-19(13-11-18)22-17-9-8-16-21-14-6-5-7-15-21/h10-13H,4-9,14-17H2,1-3H3. The fraction of sp³-hybridized carbons (Fsp3) is 0.700. The lowest BCUT2D eigenvalue weighted by Crippen LogP contribution is -2.30. The number of likely N-dealkylation sites (tertiary alicyclic amines) is 1. The van der Waals surface area contributed by atoms with Crippen molar-refractivity contribution in [2.75, 3.05) is 26.2 Å². The third kappa shape index (κ3) is 5.31. The van der Waals surface area contributed by atoms with Gasteiger partial charge in [0.1, 0.15) is 5.75 Å². The zero-order valence-corrected chi connectivity index (χ0v) is 14.7. The van der Waals surface area contributed by atoms with Crippen LogP contribution in [0.4, 0.5) is 0 Å². The van der Waals surface area contributed by atoms with Crippen molar-refractivity contribution in [1.82, 2.24) is 4.90 Å². The summed E-state index contributed by atoms with van der Waals surface area (Å²) in [6, 6.07) is 8.67. The van der Waals surface area contributed by atoms with E-state index in [4.69, 9.17) is 4.74 Å². The molecule has 0 unspecified atom stereocenters. The van der Waals surface area contributed by atoms with Crippen LogP contribution in [-0.4, -0.2) is 31.1 Å². The van der Waals surface area contributed by atoms with Gasteiger partial charge in [0.15, 0.2) is 0 Å². The van der Waals surface area contributed by atoms with E-state index in [-0.39, 0.29) is 5.41 Å². The topological polar surface area (TPSA) is 12.5 Å². The fourth-order valence-corrected chi connectivity index (χ4v) is 3.02. The molecule has 0 amide bonds. The minimum Gasteiger partial charge on any atom is -0.494 e. The average Bonchev–Trinajstić information content (AvgIpc) is 2.56. The maximum Gasteiger partial charge on any atom is 0.119 e. The Bertz CT molecular complexity index is 418. The number of piperidine rings is 1. The first-order chi connectivity index (χ1) is 10.6. The highest BCUT2D eigenvalue weighted by molar-refractivity contribution is 5.31. The van der Waals surface area contributed by atoms with Crippen LogP contribution >= 0.6 is 0 Å². The van der Waals surface area contributed by atoms with Crippen molar-refractivity contribution in [3.05, 3.63) is 29.8 Å². The predicted molar refractivity (Wildman–Crippen MR) is 94.8 cm³/mol. The summed E-state index contributed by atoms with van der Waals surface area (Å²) in [5.41, 5.74) is 1.65. The van der Waals surface area contributed by atoms with Gasteiger partial charge in [-0.3, -0.25) is 0 Å². The van der Waals surface area contributed by atoms with E-state index in [1.54, 1.807) is 0 Å². The molecule has 1 heterocycles. The molecule has 2 heteroatoms. The molecule has 2 nitrogen and oxygen atoms in total. The molecule has 0 bridgehead atoms. The maximum atomic E-state index is 5.88. The normalized spacial score (nSPS) is 16.7. The van der Waals surface area contributed by atoms with Crippen LogP contribution in [0.3, 0.4) is 0 Å². The number of hydrogen-bond acceptors (Lipinski definition) is 2. The lowest BCUT2D eigenvalue weighted by molar-refractivity contribution is 0.216. The number of hydrogen-bond donors (Lipinski definition) is 0. The molecule has 0 radical (unpaired) electrons. The monoisotopic (exact) mass is 303 g/mol. The highest BCUT2D eigenvalue weighted by Crippen LogP contribution is 2.28. The molecular weight excluding hydrogens is 270 g/mol. The minimum atomic E-state index is 0.257. The summed E-state index contributed by atoms with van der Waals surface area (Å²) in [6.45, 7) is 11.5. The fourth-order valence-electron chi connectivity index (χ4n) is 3.02. The van der Waals surface area contributed by atoms with Crippen LogP contribution in [0.1, 0.15) is 64.9 Å². The van der Waals surface area contributed by atoms with Crippen LogP contribution in [0.25, 0.3) is 0 Å². The second kappa shape index (κ2) is 8.57. The van der Waals surface area contributed by atoms with Gasteiger partial charge in [0.05, 0.1) is 6.61 Å². The summed E-state index contributed by atoms with van der Waals surface area (Å²) in [4.78, 5) is 2.60. The Kier molecular flexibility index (Phi) is 6.75. The Morgan fingerprint density at radius 1 is 1.00 bits per heavy atom. The molecule has 22 heavy (non-hydrogen) atoms. The summed E-state index contributed by atoms with van der Waals surface area (Å²) < 4.78 is 5.88. The molecule has 0 N–H and O–H groups in total. The van der Waals surface area contributed by atoms with Crippen LogP contribution in [0.5, 0.6) is 5.75 Å². The Balaban J connectivity index is 1.64. The van der Waals surface area contributed by atoms with Crippen LogP contribution in [-0.2, 0) is 5.41 Å². The first-order valence-electron chi connectivity index (χ1n) is 9.07. The molecule has 2 rings (SSSR count). The lowest BCUT2D eigenvalue weighted by atomic mass is 9.82. The molecule has 1 saturated heterocycles. The van der Waals surface area contributed by atoms with Gasteiger partial charge in [-0.15, -0.1) is 0 Å². The minimum absolute atomic E-state index is 0.257. The molecule has 1 fully saturated rings. The van der Waals surface area contributed by atoms with Crippen molar-refractivity contribution in [2.45, 2.75) is 64.7 Å². The molecule has 0 saturated carbocycles. The molecule has 1 aromatic carbocycles. The van der Waals surface area contributed by atoms with Crippen molar-refractivity contribution in [3.8, 4) is 5.75 Å². The Labute approximate surface area is 136 Å². The summed E-state index contributed by atoms with van der Waals surface area (Å²) in [5.74, 6) is 1.01. The zero-order valence-electron chi connectivity index (χ0n) is 14.7. The van der Waals surface area contributed by atoms with E-state index in [1.165, 1.54) is 50.9 Å². The quantitative estimate of drug-likeness (QED) is 0.625. The SMILES string of the molecule is CCC(C)(C)c1ccc(OCCCCN2CCCCC2)cc1. The number of unbranched alkanes of at least 4 members (excludes halogenated alkanes) is 1. The molecule has 0 aromatic heterocycles. The van der Waals surface area contributed by atoms with Crippen molar-refractivity contribution in [2.24, 2.45) is 0 Å². The predicted octanol–water partition coefficient (Wildman–Crippen LogP) is 5.02. The maximum absolute atomic E-state index is 5.88. The van der Waals surface area contributed by atoms with Crippen LogP contribution in [0.15, 0.2) is 24.3 Å². The van der Waals surface area contributed by atoms with Crippen molar-refractivity contribution < 1.29 is 4.74 Å². The van der Waals surface area contributed by atoms with Gasteiger partial charge in [-0.2, -0.15) is 0 Å². The second-order valence-corrected chi connectivity index (χ2v) is 7.22. The number of benzene rings is 1. The number of nitrogens with zero attached hydrogens (tertiary/aromatic N) is 1. The molecule has 0 aliphatic carbocycles. The van der Waals surface area contributed by atoms with E-state index in [2.05, 4.69) is 49.9 Å². The van der Waals surface area contributed by atoms with Gasteiger partial charge in [0, 0.05) is 0 Å². The van der Waals surface area contributed by atoms with Gasteiger partial charge in [0.2, 0.25) is 0 Å². The van der Waals surface area contributed by atoms with Crippen LogP contribution in [0.2, 0.25) is 0 Å². The van der Waals surface area contributed by atoms with Crippen molar-refractivity contribution >= 4 is 0 Å². The first-order valence-corrected chi connectivity index (χ1v) is 9.07. The Morgan fingerprint density at radius 3 is 2.32 bits per heavy atom. The van der Waals surface area contributed by atoms with Gasteiger partial charge in [0.25, 0.3) is 0 Å². The van der Waals surface area contributed by atoms with Crippen LogP contribution < -0.4 is 4.74 Å². The molecule has 0 spiro atoms. The van der Waals surface area contributed by atoms with Crippen molar-refractivity contribution in [1.29, 1.82) is 0 Å². The average molecular weight is 303 g/mol. The molecule has 1 aliphatic rings. The lowest BCUT2D eigenvalue weighted by Gasteiger charge is -2.26. The van der Waals surface area contributed by atoms with Gasteiger partial charge in [-0.1, -0.05) is 39.3 Å². The highest BCUT2D eigenvalue weighted by atomic mass is 16.5.